The fraction of sp³-hybridized carbons (Fsp3) is 0.350. The number of sulfonamides is 1. The lowest BCUT2D eigenvalue weighted by Gasteiger charge is -2.29. The molecular formula is C20H21ClN4O6S2. The maximum Gasteiger partial charge on any atom is 0.322 e. The molecule has 0 spiro atoms. The van der Waals surface area contributed by atoms with E-state index in [1.165, 1.54) is 24.6 Å². The molecular weight excluding hydrogens is 492 g/mol. The zero-order valence-corrected chi connectivity index (χ0v) is 20.2. The molecule has 0 unspecified atom stereocenters. The molecule has 3 heterocycles. The number of carbonyl (C=O) groups is 1. The quantitative estimate of drug-likeness (QED) is 0.510. The molecule has 176 valence electrons. The number of thiophene rings is 1. The molecule has 3 aromatic rings. The minimum atomic E-state index is -3.61. The number of hydrogen-bond donors (Lipinski definition) is 1. The number of hydrogen-bond acceptors (Lipinski definition) is 9. The number of nitrogens with zero attached hydrogens (tertiary/aromatic N) is 3. The van der Waals surface area contributed by atoms with Crippen LogP contribution in [0.1, 0.15) is 12.8 Å². The summed E-state index contributed by atoms with van der Waals surface area (Å²) in [6, 6.07) is 8.13. The number of methoxy groups -OCH3 is 2. The van der Waals surface area contributed by atoms with Gasteiger partial charge in [0.2, 0.25) is 11.8 Å². The van der Waals surface area contributed by atoms with Crippen molar-refractivity contribution in [2.75, 3.05) is 32.6 Å². The van der Waals surface area contributed by atoms with Crippen molar-refractivity contribution in [3.8, 4) is 23.0 Å². The predicted molar refractivity (Wildman–Crippen MR) is 122 cm³/mol. The van der Waals surface area contributed by atoms with Crippen molar-refractivity contribution < 1.29 is 27.1 Å². The van der Waals surface area contributed by atoms with Crippen LogP contribution < -0.4 is 14.8 Å². The molecule has 1 aliphatic rings. The maximum absolute atomic E-state index is 12.7. The number of amides is 1. The van der Waals surface area contributed by atoms with Crippen LogP contribution in [-0.4, -0.2) is 56.1 Å². The Morgan fingerprint density at radius 2 is 1.82 bits per heavy atom. The highest BCUT2D eigenvalue weighted by atomic mass is 35.5. The van der Waals surface area contributed by atoms with E-state index in [1.54, 1.807) is 24.3 Å². The van der Waals surface area contributed by atoms with Gasteiger partial charge in [-0.1, -0.05) is 16.7 Å². The van der Waals surface area contributed by atoms with Crippen LogP contribution in [0.3, 0.4) is 0 Å². The van der Waals surface area contributed by atoms with E-state index >= 15 is 0 Å². The number of aromatic nitrogens is 2. The molecule has 1 N–H and O–H groups in total. The van der Waals surface area contributed by atoms with Gasteiger partial charge >= 0.3 is 6.01 Å². The van der Waals surface area contributed by atoms with Crippen LogP contribution in [0, 0.1) is 5.92 Å². The predicted octanol–water partition coefficient (Wildman–Crippen LogP) is 3.51. The molecule has 10 nitrogen and oxygen atoms in total. The minimum absolute atomic E-state index is 0.0416. The summed E-state index contributed by atoms with van der Waals surface area (Å²) in [7, 11) is -0.550. The van der Waals surface area contributed by atoms with Gasteiger partial charge in [0.25, 0.3) is 10.0 Å². The Labute approximate surface area is 199 Å². The standard InChI is InChI=1S/C20H21ClN4O6S2/c1-29-14-9-13(10-15(11-14)30-2)19-23-24-20(31-19)22-18(26)12-5-7-25(8-6-12)33(27,28)17-4-3-16(21)32-17/h3-4,9-12H,5-8H2,1-2H3,(H,22,24,26). The van der Waals surface area contributed by atoms with Crippen LogP contribution in [0.5, 0.6) is 11.5 Å². The summed E-state index contributed by atoms with van der Waals surface area (Å²) in [5.41, 5.74) is 0.575. The van der Waals surface area contributed by atoms with E-state index in [4.69, 9.17) is 25.5 Å². The molecule has 0 saturated carbocycles. The van der Waals surface area contributed by atoms with E-state index in [9.17, 15) is 13.2 Å². The third kappa shape index (κ3) is 5.13. The van der Waals surface area contributed by atoms with Crippen LogP contribution in [0.4, 0.5) is 6.01 Å². The first-order valence-corrected chi connectivity index (χ1v) is 12.6. The van der Waals surface area contributed by atoms with Gasteiger partial charge in [-0.15, -0.1) is 16.4 Å². The Bertz CT molecular complexity index is 1230. The van der Waals surface area contributed by atoms with Gasteiger partial charge in [-0.2, -0.15) is 4.31 Å². The Morgan fingerprint density at radius 1 is 1.15 bits per heavy atom. The van der Waals surface area contributed by atoms with Crippen LogP contribution in [0.15, 0.2) is 39.0 Å². The average molecular weight is 513 g/mol. The molecule has 2 aromatic heterocycles. The summed E-state index contributed by atoms with van der Waals surface area (Å²) in [5, 5.41) is 10.5. The van der Waals surface area contributed by atoms with E-state index in [0.29, 0.717) is 34.2 Å². The molecule has 4 rings (SSSR count). The van der Waals surface area contributed by atoms with Gasteiger partial charge in [-0.25, -0.2) is 8.42 Å². The Morgan fingerprint density at radius 3 is 2.39 bits per heavy atom. The zero-order valence-electron chi connectivity index (χ0n) is 17.8. The molecule has 13 heteroatoms. The van der Waals surface area contributed by atoms with Gasteiger partial charge in [0.05, 0.1) is 18.6 Å². The van der Waals surface area contributed by atoms with Crippen LogP contribution in [-0.2, 0) is 14.8 Å². The molecule has 0 radical (unpaired) electrons. The van der Waals surface area contributed by atoms with Crippen LogP contribution in [0.25, 0.3) is 11.5 Å². The lowest BCUT2D eigenvalue weighted by molar-refractivity contribution is -0.121. The largest absolute Gasteiger partial charge is 0.497 e. The van der Waals surface area contributed by atoms with E-state index in [0.717, 1.165) is 11.3 Å². The smallest absolute Gasteiger partial charge is 0.322 e. The zero-order chi connectivity index (χ0) is 23.6. The Kier molecular flexibility index (Phi) is 6.88. The number of nitrogens with one attached hydrogen (secondary N) is 1. The Balaban J connectivity index is 1.38. The first-order valence-electron chi connectivity index (χ1n) is 9.93. The van der Waals surface area contributed by atoms with E-state index in [2.05, 4.69) is 15.5 Å². The van der Waals surface area contributed by atoms with Crippen molar-refractivity contribution in [1.82, 2.24) is 14.5 Å². The van der Waals surface area contributed by atoms with E-state index < -0.39 is 10.0 Å². The van der Waals surface area contributed by atoms with Gasteiger partial charge in [-0.3, -0.25) is 10.1 Å². The number of anilines is 1. The summed E-state index contributed by atoms with van der Waals surface area (Å²) in [6.45, 7) is 0.462. The topological polar surface area (TPSA) is 124 Å². The van der Waals surface area contributed by atoms with Gasteiger partial charge in [0.1, 0.15) is 15.7 Å². The third-order valence-electron chi connectivity index (χ3n) is 5.22. The molecule has 0 atom stereocenters. The van der Waals surface area contributed by atoms with Gasteiger partial charge in [0.15, 0.2) is 0 Å². The second kappa shape index (κ2) is 9.67. The molecule has 1 amide bonds. The lowest BCUT2D eigenvalue weighted by atomic mass is 9.97. The molecule has 1 aliphatic heterocycles. The van der Waals surface area contributed by atoms with Crippen molar-refractivity contribution >= 4 is 44.9 Å². The van der Waals surface area contributed by atoms with Crippen molar-refractivity contribution in [1.29, 1.82) is 0 Å². The van der Waals surface area contributed by atoms with Crippen molar-refractivity contribution in [3.63, 3.8) is 0 Å². The van der Waals surface area contributed by atoms with E-state index in [-0.39, 0.29) is 41.0 Å². The van der Waals surface area contributed by atoms with Gasteiger partial charge < -0.3 is 13.9 Å². The monoisotopic (exact) mass is 512 g/mol. The first-order chi connectivity index (χ1) is 15.8. The van der Waals surface area contributed by atoms with Crippen LogP contribution >= 0.6 is 22.9 Å². The number of benzene rings is 1. The molecule has 0 aliphatic carbocycles. The second-order valence-corrected chi connectivity index (χ2v) is 11.1. The maximum atomic E-state index is 12.7. The minimum Gasteiger partial charge on any atom is -0.497 e. The van der Waals surface area contributed by atoms with Gasteiger partial charge in [0, 0.05) is 30.6 Å². The highest BCUT2D eigenvalue weighted by molar-refractivity contribution is 7.91. The number of ether oxygens (including phenoxy) is 2. The molecule has 1 fully saturated rings. The number of halogens is 1. The van der Waals surface area contributed by atoms with Gasteiger partial charge in [-0.05, 0) is 37.1 Å². The number of rotatable bonds is 7. The third-order valence-corrected chi connectivity index (χ3v) is 8.82. The molecule has 33 heavy (non-hydrogen) atoms. The number of piperidine rings is 1. The van der Waals surface area contributed by atoms with Crippen LogP contribution in [0.2, 0.25) is 4.34 Å². The first kappa shape index (κ1) is 23.5. The fourth-order valence-corrected chi connectivity index (χ4v) is 6.56. The SMILES string of the molecule is COc1cc(OC)cc(-c2nnc(NC(=O)C3CCN(S(=O)(=O)c4ccc(Cl)s4)CC3)o2)c1. The summed E-state index contributed by atoms with van der Waals surface area (Å²) >= 11 is 6.88. The second-order valence-electron chi connectivity index (χ2n) is 7.24. The van der Waals surface area contributed by atoms with Crippen molar-refractivity contribution in [2.45, 2.75) is 17.1 Å². The molecule has 0 bridgehead atoms. The van der Waals surface area contributed by atoms with Crippen molar-refractivity contribution in [2.24, 2.45) is 5.92 Å². The fourth-order valence-electron chi connectivity index (χ4n) is 3.45. The Hall–Kier alpha value is -2.67. The summed E-state index contributed by atoms with van der Waals surface area (Å²) in [6.07, 6.45) is 0.747. The average Bonchev–Trinajstić information content (AvgIpc) is 3.48. The van der Waals surface area contributed by atoms with E-state index in [1.807, 2.05) is 0 Å². The molecule has 1 aromatic carbocycles. The van der Waals surface area contributed by atoms with Crippen molar-refractivity contribution in [3.05, 3.63) is 34.7 Å². The highest BCUT2D eigenvalue weighted by Gasteiger charge is 2.33. The summed E-state index contributed by atoms with van der Waals surface area (Å²) in [4.78, 5) is 12.7. The highest BCUT2D eigenvalue weighted by Crippen LogP contribution is 2.32. The summed E-state index contributed by atoms with van der Waals surface area (Å²) < 4.78 is 43.5. The normalized spacial score (nSPS) is 15.4. The molecule has 1 saturated heterocycles. The number of carbonyl (C=O) groups excluding carboxylic acids is 1. The summed E-state index contributed by atoms with van der Waals surface area (Å²) in [5.74, 6) is 0.623. The lowest BCUT2D eigenvalue weighted by Crippen LogP contribution is -2.41.